The van der Waals surface area contributed by atoms with Crippen LogP contribution >= 0.6 is 15.8 Å². The van der Waals surface area contributed by atoms with Gasteiger partial charge in [-0.25, -0.2) is 0 Å². The molecule has 0 saturated carbocycles. The average Bonchev–Trinajstić information content (AvgIpc) is 3.14. The molecule has 0 N–H and O–H groups in total. The van der Waals surface area contributed by atoms with Crippen LogP contribution in [0.4, 0.5) is 0 Å². The number of hydrogen-bond acceptors (Lipinski definition) is 0. The summed E-state index contributed by atoms with van der Waals surface area (Å²) in [6.45, 7) is 4.95. The molecule has 0 heterocycles. The van der Waals surface area contributed by atoms with Crippen LogP contribution in [0.2, 0.25) is 0 Å². The van der Waals surface area contributed by atoms with Crippen molar-refractivity contribution in [3.63, 3.8) is 0 Å². The van der Waals surface area contributed by atoms with Crippen LogP contribution in [0.1, 0.15) is 26.7 Å². The molecule has 0 aliphatic heterocycles. The monoisotopic (exact) mass is 640 g/mol. The molecule has 2 heteroatoms. The second-order valence-electron chi connectivity index (χ2n) is 12.4. The zero-order valence-corrected chi connectivity index (χ0v) is 28.8. The van der Waals surface area contributed by atoms with E-state index in [0.717, 1.165) is 12.8 Å². The van der Waals surface area contributed by atoms with E-state index >= 15 is 0 Å². The van der Waals surface area contributed by atoms with Gasteiger partial charge in [-0.15, -0.1) is 0 Å². The fraction of sp³-hybridized carbons (Fsp3) is 0.111. The van der Waals surface area contributed by atoms with Gasteiger partial charge in [0.05, 0.1) is 0 Å². The summed E-state index contributed by atoms with van der Waals surface area (Å²) >= 11 is 0. The first kappa shape index (κ1) is 30.0. The maximum absolute atomic E-state index is 2.47. The summed E-state index contributed by atoms with van der Waals surface area (Å²) in [5.41, 5.74) is 0. The van der Waals surface area contributed by atoms with Crippen LogP contribution in [0.25, 0.3) is 43.1 Å². The summed E-state index contributed by atoms with van der Waals surface area (Å²) in [7, 11) is -1.73. The van der Waals surface area contributed by atoms with Gasteiger partial charge >= 0.3 is 0 Å². The van der Waals surface area contributed by atoms with Gasteiger partial charge in [-0.05, 0) is 93.0 Å². The SMILES string of the molecule is CCC(CC)(P(c1cccc2ccccc12)c1cccc2ccccc12)P(c1cccc2ccccc12)c1cccc2ccccc12. The molecule has 0 amide bonds. The second kappa shape index (κ2) is 12.7. The highest BCUT2D eigenvalue weighted by Gasteiger charge is 2.47. The zero-order chi connectivity index (χ0) is 31.8. The Balaban J connectivity index is 1.54. The third-order valence-corrected chi connectivity index (χ3v) is 17.6. The number of hydrogen-bond donors (Lipinski definition) is 0. The first-order valence-electron chi connectivity index (χ1n) is 16.7. The van der Waals surface area contributed by atoms with Crippen molar-refractivity contribution in [2.75, 3.05) is 0 Å². The summed E-state index contributed by atoms with van der Waals surface area (Å²) in [4.78, 5) is -0.0484. The third kappa shape index (κ3) is 5.07. The van der Waals surface area contributed by atoms with Crippen molar-refractivity contribution in [2.24, 2.45) is 0 Å². The van der Waals surface area contributed by atoms with E-state index in [0.29, 0.717) is 0 Å². The molecule has 0 fully saturated rings. The molecular formula is C45H38P2. The van der Waals surface area contributed by atoms with E-state index in [1.807, 2.05) is 0 Å². The molecule has 0 aliphatic carbocycles. The number of rotatable bonds is 8. The average molecular weight is 641 g/mol. The van der Waals surface area contributed by atoms with Gasteiger partial charge in [0.1, 0.15) is 0 Å². The highest BCUT2D eigenvalue weighted by molar-refractivity contribution is 7.91. The molecule has 0 spiro atoms. The lowest BCUT2D eigenvalue weighted by atomic mass is 10.1. The summed E-state index contributed by atoms with van der Waals surface area (Å²) in [5, 5.41) is 16.8. The standard InChI is InChI=1S/C45H38P2/c1-3-45(4-2,46(41-29-13-21-33-17-5-9-25-37(33)41)42-30-14-22-34-18-6-10-26-38(34)42)47(43-31-15-23-35-19-7-11-27-39(35)43)44-32-16-24-36-20-8-12-28-40(36)44/h5-32H,3-4H2,1-2H3. The molecule has 228 valence electrons. The van der Waals surface area contributed by atoms with E-state index in [1.54, 1.807) is 0 Å². The van der Waals surface area contributed by atoms with E-state index in [2.05, 4.69) is 184 Å². The number of fused-ring (bicyclic) bond motifs is 4. The summed E-state index contributed by atoms with van der Waals surface area (Å²) in [5.74, 6) is 0. The lowest BCUT2D eigenvalue weighted by Crippen LogP contribution is -2.39. The van der Waals surface area contributed by atoms with Crippen LogP contribution in [0.3, 0.4) is 0 Å². The van der Waals surface area contributed by atoms with E-state index in [4.69, 9.17) is 0 Å². The normalized spacial score (nSPS) is 12.2. The highest BCUT2D eigenvalue weighted by atomic mass is 31.2. The van der Waals surface area contributed by atoms with Crippen LogP contribution in [0, 0.1) is 0 Å². The van der Waals surface area contributed by atoms with Gasteiger partial charge in [0.15, 0.2) is 0 Å². The van der Waals surface area contributed by atoms with Crippen LogP contribution in [-0.4, -0.2) is 4.90 Å². The lowest BCUT2D eigenvalue weighted by molar-refractivity contribution is 0.725. The van der Waals surface area contributed by atoms with E-state index in [-0.39, 0.29) is 4.90 Å². The number of benzene rings is 8. The van der Waals surface area contributed by atoms with Gasteiger partial charge in [-0.3, -0.25) is 0 Å². The summed E-state index contributed by atoms with van der Waals surface area (Å²) < 4.78 is 0. The maximum atomic E-state index is 2.47. The quantitative estimate of drug-likeness (QED) is 0.145. The minimum Gasteiger partial charge on any atom is -0.0641 e. The van der Waals surface area contributed by atoms with Crippen molar-refractivity contribution in [1.29, 1.82) is 0 Å². The highest BCUT2D eigenvalue weighted by Crippen LogP contribution is 2.69. The van der Waals surface area contributed by atoms with Crippen molar-refractivity contribution < 1.29 is 0 Å². The maximum Gasteiger partial charge on any atom is 0.0262 e. The molecule has 0 unspecified atom stereocenters. The molecule has 47 heavy (non-hydrogen) atoms. The first-order valence-corrected chi connectivity index (χ1v) is 19.4. The topological polar surface area (TPSA) is 0 Å². The van der Waals surface area contributed by atoms with Gasteiger partial charge in [0.25, 0.3) is 0 Å². The molecule has 8 aromatic rings. The van der Waals surface area contributed by atoms with Crippen molar-refractivity contribution in [3.05, 3.63) is 170 Å². The van der Waals surface area contributed by atoms with Crippen LogP contribution in [0.5, 0.6) is 0 Å². The minimum atomic E-state index is -0.867. The van der Waals surface area contributed by atoms with Crippen molar-refractivity contribution in [2.45, 2.75) is 31.6 Å². The van der Waals surface area contributed by atoms with Gasteiger partial charge < -0.3 is 0 Å². The Hall–Kier alpha value is -4.34. The fourth-order valence-electron chi connectivity index (χ4n) is 7.75. The molecule has 0 nitrogen and oxygen atoms in total. The molecule has 0 atom stereocenters. The molecule has 0 aliphatic rings. The summed E-state index contributed by atoms with van der Waals surface area (Å²) in [6, 6.07) is 64.3. The van der Waals surface area contributed by atoms with Crippen molar-refractivity contribution >= 4 is 80.2 Å². The Morgan fingerprint density at radius 2 is 0.553 bits per heavy atom. The Labute approximate surface area is 280 Å². The molecule has 0 bridgehead atoms. The molecule has 8 rings (SSSR count). The van der Waals surface area contributed by atoms with Crippen LogP contribution < -0.4 is 21.2 Å². The summed E-state index contributed by atoms with van der Waals surface area (Å²) in [6.07, 6.45) is 2.14. The lowest BCUT2D eigenvalue weighted by Gasteiger charge is -2.48. The van der Waals surface area contributed by atoms with Gasteiger partial charge in [0.2, 0.25) is 0 Å². The van der Waals surface area contributed by atoms with Gasteiger partial charge in [0, 0.05) is 4.90 Å². The van der Waals surface area contributed by atoms with E-state index < -0.39 is 15.8 Å². The fourth-order valence-corrected chi connectivity index (χ4v) is 16.1. The van der Waals surface area contributed by atoms with Crippen LogP contribution in [0.15, 0.2) is 170 Å². The molecule has 0 radical (unpaired) electrons. The van der Waals surface area contributed by atoms with Gasteiger partial charge in [-0.2, -0.15) is 0 Å². The van der Waals surface area contributed by atoms with Gasteiger partial charge in [-0.1, -0.05) is 184 Å². The molecular weight excluding hydrogens is 602 g/mol. The molecule has 8 aromatic carbocycles. The zero-order valence-electron chi connectivity index (χ0n) is 27.0. The Morgan fingerprint density at radius 3 is 0.809 bits per heavy atom. The Morgan fingerprint density at radius 1 is 0.319 bits per heavy atom. The third-order valence-electron chi connectivity index (χ3n) is 10.00. The van der Waals surface area contributed by atoms with E-state index in [1.165, 1.54) is 64.3 Å². The Bertz CT molecular complexity index is 2020. The minimum absolute atomic E-state index is 0.0484. The predicted molar refractivity (Wildman–Crippen MR) is 211 cm³/mol. The van der Waals surface area contributed by atoms with Crippen molar-refractivity contribution in [3.8, 4) is 0 Å². The predicted octanol–water partition coefficient (Wildman–Crippen LogP) is 11.4. The molecule has 0 aromatic heterocycles. The smallest absolute Gasteiger partial charge is 0.0262 e. The second-order valence-corrected chi connectivity index (χ2v) is 17.7. The van der Waals surface area contributed by atoms with E-state index in [9.17, 15) is 0 Å². The first-order chi connectivity index (χ1) is 23.2. The van der Waals surface area contributed by atoms with Crippen LogP contribution in [-0.2, 0) is 0 Å². The Kier molecular flexibility index (Phi) is 8.11. The van der Waals surface area contributed by atoms with Crippen molar-refractivity contribution in [1.82, 2.24) is 0 Å². The largest absolute Gasteiger partial charge is 0.0641 e. The molecule has 0 saturated heterocycles.